The van der Waals surface area contributed by atoms with E-state index in [1.54, 1.807) is 0 Å². The predicted octanol–water partition coefficient (Wildman–Crippen LogP) is 6.66. The van der Waals surface area contributed by atoms with Crippen molar-refractivity contribution in [1.82, 2.24) is 0 Å². The molecule has 0 spiro atoms. The summed E-state index contributed by atoms with van der Waals surface area (Å²) in [7, 11) is 0. The molecule has 0 amide bonds. The summed E-state index contributed by atoms with van der Waals surface area (Å²) in [5.74, 6) is 0. The Morgan fingerprint density at radius 2 is 1.83 bits per heavy atom. The third-order valence-corrected chi connectivity index (χ3v) is 4.90. The highest BCUT2D eigenvalue weighted by Gasteiger charge is 2.21. The lowest BCUT2D eigenvalue weighted by Crippen LogP contribution is -1.98. The molecule has 0 N–H and O–H groups in total. The first-order valence-electron chi connectivity index (χ1n) is 8.89. The van der Waals surface area contributed by atoms with E-state index in [0.29, 0.717) is 0 Å². The van der Waals surface area contributed by atoms with E-state index >= 15 is 0 Å². The molecule has 3 rings (SSSR count). The van der Waals surface area contributed by atoms with E-state index in [1.807, 2.05) is 6.08 Å². The Labute approximate surface area is 146 Å². The summed E-state index contributed by atoms with van der Waals surface area (Å²) in [5, 5.41) is 0. The Balaban J connectivity index is 2.31. The minimum atomic E-state index is 1.02. The van der Waals surface area contributed by atoms with Crippen LogP contribution >= 0.6 is 0 Å². The van der Waals surface area contributed by atoms with Gasteiger partial charge in [0.1, 0.15) is 0 Å². The van der Waals surface area contributed by atoms with Gasteiger partial charge in [0.15, 0.2) is 0 Å². The number of aryl methyl sites for hydroxylation is 2. The average molecular weight is 314 g/mol. The van der Waals surface area contributed by atoms with E-state index in [-0.39, 0.29) is 0 Å². The highest BCUT2D eigenvalue weighted by molar-refractivity contribution is 5.87. The Kier molecular flexibility index (Phi) is 5.15. The third-order valence-electron chi connectivity index (χ3n) is 4.90. The number of benzene rings is 2. The van der Waals surface area contributed by atoms with E-state index in [9.17, 15) is 0 Å². The summed E-state index contributed by atoms with van der Waals surface area (Å²) in [6, 6.07) is 17.8. The molecule has 1 aliphatic rings. The summed E-state index contributed by atoms with van der Waals surface area (Å²) in [5.41, 5.74) is 9.93. The van der Waals surface area contributed by atoms with Crippen LogP contribution in [0.25, 0.3) is 5.57 Å². The molecule has 0 heterocycles. The second-order valence-corrected chi connectivity index (χ2v) is 6.52. The van der Waals surface area contributed by atoms with Gasteiger partial charge in [0.2, 0.25) is 0 Å². The van der Waals surface area contributed by atoms with Gasteiger partial charge in [0.25, 0.3) is 0 Å². The summed E-state index contributed by atoms with van der Waals surface area (Å²) in [6.45, 7) is 8.30. The van der Waals surface area contributed by atoms with E-state index in [4.69, 9.17) is 0 Å². The summed E-state index contributed by atoms with van der Waals surface area (Å²) in [4.78, 5) is 0. The molecule has 122 valence electrons. The minimum absolute atomic E-state index is 1.02. The van der Waals surface area contributed by atoms with E-state index in [2.05, 4.69) is 75.0 Å². The van der Waals surface area contributed by atoms with Crippen LogP contribution in [0, 0.1) is 6.92 Å². The van der Waals surface area contributed by atoms with Gasteiger partial charge in [-0.05, 0) is 72.9 Å². The molecule has 0 aromatic heterocycles. The summed E-state index contributed by atoms with van der Waals surface area (Å²) < 4.78 is 0. The van der Waals surface area contributed by atoms with Crippen molar-refractivity contribution in [3.05, 3.63) is 101 Å². The van der Waals surface area contributed by atoms with Gasteiger partial charge in [-0.15, -0.1) is 6.58 Å². The van der Waals surface area contributed by atoms with Crippen molar-refractivity contribution in [2.75, 3.05) is 0 Å². The van der Waals surface area contributed by atoms with Crippen LogP contribution in [-0.2, 0) is 6.42 Å². The second-order valence-electron chi connectivity index (χ2n) is 6.52. The molecule has 0 nitrogen and oxygen atoms in total. The fourth-order valence-electron chi connectivity index (χ4n) is 3.67. The van der Waals surface area contributed by atoms with Crippen LogP contribution in [0.2, 0.25) is 0 Å². The molecule has 0 saturated carbocycles. The van der Waals surface area contributed by atoms with Gasteiger partial charge in [0.05, 0.1) is 0 Å². The fraction of sp³-hybridized carbons (Fsp3) is 0.250. The van der Waals surface area contributed by atoms with Crippen LogP contribution in [0.5, 0.6) is 0 Å². The number of rotatable bonds is 4. The molecule has 0 heteroatoms. The van der Waals surface area contributed by atoms with Crippen LogP contribution < -0.4 is 0 Å². The second kappa shape index (κ2) is 7.49. The van der Waals surface area contributed by atoms with Gasteiger partial charge in [-0.1, -0.05) is 66.2 Å². The topological polar surface area (TPSA) is 0 Å². The predicted molar refractivity (Wildman–Crippen MR) is 105 cm³/mol. The minimum Gasteiger partial charge on any atom is -0.103 e. The zero-order valence-corrected chi connectivity index (χ0v) is 14.8. The van der Waals surface area contributed by atoms with Gasteiger partial charge < -0.3 is 0 Å². The lowest BCUT2D eigenvalue weighted by Gasteiger charge is -2.17. The Morgan fingerprint density at radius 1 is 1.04 bits per heavy atom. The molecule has 0 saturated heterocycles. The van der Waals surface area contributed by atoms with E-state index in [0.717, 1.165) is 25.7 Å². The SMILES string of the molecule is C=CCCC1=C(c2ccccc2)c2cc(C)ccc2CC/C1=C/C. The fourth-order valence-corrected chi connectivity index (χ4v) is 3.67. The molecule has 0 unspecified atom stereocenters. The van der Waals surface area contributed by atoms with Gasteiger partial charge >= 0.3 is 0 Å². The lowest BCUT2D eigenvalue weighted by molar-refractivity contribution is 0.910. The highest BCUT2D eigenvalue weighted by Crippen LogP contribution is 2.39. The van der Waals surface area contributed by atoms with Gasteiger partial charge in [-0.2, -0.15) is 0 Å². The monoisotopic (exact) mass is 314 g/mol. The largest absolute Gasteiger partial charge is 0.103 e. The summed E-state index contributed by atoms with van der Waals surface area (Å²) >= 11 is 0. The first kappa shape index (κ1) is 16.5. The standard InChI is InChI=1S/C24H26/c1-4-6-12-22-19(5-2)15-16-20-14-13-18(3)17-23(20)24(22)21-10-8-7-9-11-21/h4-5,7-11,13-14,17H,1,6,12,15-16H2,2-3H3/b19-5-. The molecule has 0 aliphatic heterocycles. The van der Waals surface area contributed by atoms with Gasteiger partial charge in [-0.25, -0.2) is 0 Å². The normalized spacial score (nSPS) is 16.0. The maximum atomic E-state index is 3.93. The Morgan fingerprint density at radius 3 is 2.54 bits per heavy atom. The molecule has 24 heavy (non-hydrogen) atoms. The van der Waals surface area contributed by atoms with Crippen LogP contribution in [0.4, 0.5) is 0 Å². The van der Waals surface area contributed by atoms with Crippen molar-refractivity contribution >= 4 is 5.57 Å². The molecule has 2 aromatic rings. The van der Waals surface area contributed by atoms with Gasteiger partial charge in [-0.3, -0.25) is 0 Å². The quantitative estimate of drug-likeness (QED) is 0.554. The van der Waals surface area contributed by atoms with Crippen molar-refractivity contribution in [1.29, 1.82) is 0 Å². The molecule has 1 aliphatic carbocycles. The highest BCUT2D eigenvalue weighted by atomic mass is 14.2. The Hall–Kier alpha value is -2.34. The zero-order chi connectivity index (χ0) is 16.9. The van der Waals surface area contributed by atoms with Crippen molar-refractivity contribution in [3.8, 4) is 0 Å². The first-order valence-corrected chi connectivity index (χ1v) is 8.89. The average Bonchev–Trinajstić information content (AvgIpc) is 2.76. The molecule has 0 radical (unpaired) electrons. The Bertz CT molecular complexity index is 788. The van der Waals surface area contributed by atoms with Crippen LogP contribution in [0.1, 0.15) is 48.4 Å². The summed E-state index contributed by atoms with van der Waals surface area (Å²) in [6.07, 6.45) is 8.65. The molecule has 0 fully saturated rings. The molecular formula is C24H26. The molecule has 0 bridgehead atoms. The van der Waals surface area contributed by atoms with Crippen molar-refractivity contribution in [2.24, 2.45) is 0 Å². The maximum Gasteiger partial charge on any atom is -0.00737 e. The molecule has 0 atom stereocenters. The van der Waals surface area contributed by atoms with Gasteiger partial charge in [0, 0.05) is 0 Å². The van der Waals surface area contributed by atoms with E-state index < -0.39 is 0 Å². The van der Waals surface area contributed by atoms with Crippen molar-refractivity contribution < 1.29 is 0 Å². The number of fused-ring (bicyclic) bond motifs is 1. The first-order chi connectivity index (χ1) is 11.7. The number of hydrogen-bond donors (Lipinski definition) is 0. The third kappa shape index (κ3) is 3.28. The number of allylic oxidation sites excluding steroid dienone is 4. The van der Waals surface area contributed by atoms with Crippen LogP contribution in [-0.4, -0.2) is 0 Å². The lowest BCUT2D eigenvalue weighted by atomic mass is 9.87. The smallest absolute Gasteiger partial charge is 0.00737 e. The van der Waals surface area contributed by atoms with Crippen LogP contribution in [0.15, 0.2) is 78.4 Å². The van der Waals surface area contributed by atoms with Crippen LogP contribution in [0.3, 0.4) is 0 Å². The van der Waals surface area contributed by atoms with E-state index in [1.165, 1.54) is 39.0 Å². The molecule has 2 aromatic carbocycles. The maximum absolute atomic E-state index is 3.93. The number of hydrogen-bond acceptors (Lipinski definition) is 0. The van der Waals surface area contributed by atoms with Crippen molar-refractivity contribution in [2.45, 2.75) is 39.5 Å². The zero-order valence-electron chi connectivity index (χ0n) is 14.8. The van der Waals surface area contributed by atoms with Crippen molar-refractivity contribution in [3.63, 3.8) is 0 Å². The molecular weight excluding hydrogens is 288 g/mol.